The van der Waals surface area contributed by atoms with Crippen molar-refractivity contribution in [1.29, 1.82) is 0 Å². The summed E-state index contributed by atoms with van der Waals surface area (Å²) >= 11 is 0. The average Bonchev–Trinajstić information content (AvgIpc) is 3.10. The molecule has 0 bridgehead atoms. The van der Waals surface area contributed by atoms with Gasteiger partial charge in [0.15, 0.2) is 0 Å². The van der Waals surface area contributed by atoms with Crippen LogP contribution in [0, 0.1) is 0 Å². The van der Waals surface area contributed by atoms with Crippen LogP contribution in [0.3, 0.4) is 0 Å². The van der Waals surface area contributed by atoms with Crippen LogP contribution in [0.1, 0.15) is 16.3 Å². The molecular formula is C19H21N5O2. The van der Waals surface area contributed by atoms with Crippen molar-refractivity contribution in [3.8, 4) is 5.75 Å². The molecule has 4 rings (SSSR count). The highest BCUT2D eigenvalue weighted by Crippen LogP contribution is 2.19. The number of rotatable bonds is 4. The van der Waals surface area contributed by atoms with Gasteiger partial charge in [0.25, 0.3) is 5.91 Å². The number of aromatic nitrogens is 3. The minimum atomic E-state index is 0.00100. The molecule has 26 heavy (non-hydrogen) atoms. The largest absolute Gasteiger partial charge is 0.497 e. The fraction of sp³-hybridized carbons (Fsp3) is 0.316. The van der Waals surface area contributed by atoms with Crippen LogP contribution in [0.15, 0.2) is 42.6 Å². The molecule has 0 radical (unpaired) electrons. The molecule has 1 aromatic carbocycles. The predicted octanol–water partition coefficient (Wildman–Crippen LogP) is 1.92. The van der Waals surface area contributed by atoms with Gasteiger partial charge in [0.2, 0.25) is 0 Å². The minimum absolute atomic E-state index is 0.00100. The van der Waals surface area contributed by atoms with Crippen LogP contribution in [0.2, 0.25) is 0 Å². The molecule has 3 aromatic rings. The lowest BCUT2D eigenvalue weighted by Crippen LogP contribution is -2.48. The van der Waals surface area contributed by atoms with Gasteiger partial charge in [-0.15, -0.1) is 0 Å². The Bertz CT molecular complexity index is 901. The van der Waals surface area contributed by atoms with Gasteiger partial charge in [0.1, 0.15) is 17.3 Å². The van der Waals surface area contributed by atoms with Crippen molar-refractivity contribution in [3.63, 3.8) is 0 Å². The Morgan fingerprint density at radius 2 is 2.04 bits per heavy atom. The Morgan fingerprint density at radius 3 is 2.77 bits per heavy atom. The quantitative estimate of drug-likeness (QED) is 0.777. The number of benzene rings is 1. The van der Waals surface area contributed by atoms with Crippen LogP contribution in [0.25, 0.3) is 11.0 Å². The molecule has 0 saturated carbocycles. The summed E-state index contributed by atoms with van der Waals surface area (Å²) in [5.74, 6) is 1.74. The lowest BCUT2D eigenvalue weighted by atomic mass is 10.2. The van der Waals surface area contributed by atoms with Crippen LogP contribution < -0.4 is 4.74 Å². The van der Waals surface area contributed by atoms with E-state index in [1.807, 2.05) is 35.2 Å². The number of nitrogens with zero attached hydrogens (tertiary/aromatic N) is 4. The summed E-state index contributed by atoms with van der Waals surface area (Å²) in [4.78, 5) is 28.8. The molecule has 1 amide bonds. The third-order valence-corrected chi connectivity index (χ3v) is 4.65. The highest BCUT2D eigenvalue weighted by molar-refractivity contribution is 5.92. The maximum absolute atomic E-state index is 12.5. The predicted molar refractivity (Wildman–Crippen MR) is 98.1 cm³/mol. The van der Waals surface area contributed by atoms with Crippen LogP contribution in [-0.4, -0.2) is 63.9 Å². The molecule has 0 aliphatic carbocycles. The number of carbonyl (C=O) groups excluding carboxylic acids is 1. The van der Waals surface area contributed by atoms with E-state index >= 15 is 0 Å². The second-order valence-corrected chi connectivity index (χ2v) is 6.35. The summed E-state index contributed by atoms with van der Waals surface area (Å²) in [7, 11) is 1.66. The Labute approximate surface area is 151 Å². The number of H-pyrrole nitrogens is 1. The van der Waals surface area contributed by atoms with E-state index in [2.05, 4.69) is 19.9 Å². The second kappa shape index (κ2) is 7.13. The molecule has 134 valence electrons. The molecule has 3 heterocycles. The van der Waals surface area contributed by atoms with Gasteiger partial charge in [-0.3, -0.25) is 14.7 Å². The normalized spacial score (nSPS) is 15.3. The molecule has 2 aromatic heterocycles. The Hall–Kier alpha value is -2.93. The van der Waals surface area contributed by atoms with E-state index < -0.39 is 0 Å². The number of hydrogen-bond donors (Lipinski definition) is 1. The fourth-order valence-electron chi connectivity index (χ4n) is 3.22. The summed E-state index contributed by atoms with van der Waals surface area (Å²) in [5, 5.41) is 0. The van der Waals surface area contributed by atoms with Gasteiger partial charge in [0.05, 0.1) is 24.7 Å². The van der Waals surface area contributed by atoms with E-state index in [-0.39, 0.29) is 5.91 Å². The van der Waals surface area contributed by atoms with Gasteiger partial charge in [0, 0.05) is 38.4 Å². The third kappa shape index (κ3) is 3.39. The van der Waals surface area contributed by atoms with Crippen molar-refractivity contribution in [2.24, 2.45) is 0 Å². The van der Waals surface area contributed by atoms with Gasteiger partial charge < -0.3 is 14.6 Å². The van der Waals surface area contributed by atoms with Gasteiger partial charge in [-0.2, -0.15) is 0 Å². The first-order valence-electron chi connectivity index (χ1n) is 8.68. The number of imidazole rings is 1. The van der Waals surface area contributed by atoms with E-state index in [0.29, 0.717) is 18.8 Å². The number of aromatic amines is 1. The summed E-state index contributed by atoms with van der Waals surface area (Å²) in [6.07, 6.45) is 1.65. The molecule has 1 aliphatic heterocycles. The number of pyridine rings is 1. The number of methoxy groups -OCH3 is 1. The summed E-state index contributed by atoms with van der Waals surface area (Å²) in [6.45, 7) is 3.77. The first-order chi connectivity index (χ1) is 12.7. The highest BCUT2D eigenvalue weighted by atomic mass is 16.5. The van der Waals surface area contributed by atoms with E-state index in [0.717, 1.165) is 42.2 Å². The average molecular weight is 351 g/mol. The van der Waals surface area contributed by atoms with Crippen molar-refractivity contribution in [1.82, 2.24) is 24.8 Å². The smallest absolute Gasteiger partial charge is 0.272 e. The molecule has 1 fully saturated rings. The van der Waals surface area contributed by atoms with Crippen molar-refractivity contribution in [2.75, 3.05) is 33.3 Å². The molecule has 7 nitrogen and oxygen atoms in total. The monoisotopic (exact) mass is 351 g/mol. The zero-order chi connectivity index (χ0) is 17.9. The topological polar surface area (TPSA) is 74.3 Å². The van der Waals surface area contributed by atoms with Crippen molar-refractivity contribution >= 4 is 16.9 Å². The van der Waals surface area contributed by atoms with Gasteiger partial charge in [-0.05, 0) is 24.3 Å². The van der Waals surface area contributed by atoms with Crippen molar-refractivity contribution in [2.45, 2.75) is 6.54 Å². The van der Waals surface area contributed by atoms with Crippen LogP contribution in [0.5, 0.6) is 5.75 Å². The van der Waals surface area contributed by atoms with E-state index in [9.17, 15) is 4.79 Å². The third-order valence-electron chi connectivity index (χ3n) is 4.65. The number of piperazine rings is 1. The summed E-state index contributed by atoms with van der Waals surface area (Å²) < 4.78 is 5.25. The first-order valence-corrected chi connectivity index (χ1v) is 8.68. The van der Waals surface area contributed by atoms with Gasteiger partial charge in [-0.1, -0.05) is 6.07 Å². The van der Waals surface area contributed by atoms with Gasteiger partial charge >= 0.3 is 0 Å². The van der Waals surface area contributed by atoms with E-state index in [1.54, 1.807) is 19.4 Å². The Balaban J connectivity index is 1.37. The van der Waals surface area contributed by atoms with E-state index in [4.69, 9.17) is 4.74 Å². The molecular weight excluding hydrogens is 330 g/mol. The molecule has 1 aliphatic rings. The minimum Gasteiger partial charge on any atom is -0.497 e. The molecule has 7 heteroatoms. The lowest BCUT2D eigenvalue weighted by Gasteiger charge is -2.34. The number of ether oxygens (including phenoxy) is 1. The van der Waals surface area contributed by atoms with Crippen LogP contribution >= 0.6 is 0 Å². The van der Waals surface area contributed by atoms with Gasteiger partial charge in [-0.25, -0.2) is 4.98 Å². The number of nitrogens with one attached hydrogen (secondary N) is 1. The molecule has 1 saturated heterocycles. The molecule has 0 atom stereocenters. The lowest BCUT2D eigenvalue weighted by molar-refractivity contribution is 0.0620. The zero-order valence-corrected chi connectivity index (χ0v) is 14.7. The van der Waals surface area contributed by atoms with Crippen LogP contribution in [0.4, 0.5) is 0 Å². The number of fused-ring (bicyclic) bond motifs is 1. The first kappa shape index (κ1) is 16.5. The molecule has 0 unspecified atom stereocenters. The van der Waals surface area contributed by atoms with E-state index in [1.165, 1.54) is 0 Å². The SMILES string of the molecule is COc1ccc2nc(CN3CCN(C(=O)c4ccccn4)CC3)[nH]c2c1. The van der Waals surface area contributed by atoms with Crippen molar-refractivity contribution < 1.29 is 9.53 Å². The maximum atomic E-state index is 12.5. The Kier molecular flexibility index (Phi) is 4.53. The van der Waals surface area contributed by atoms with Crippen molar-refractivity contribution in [3.05, 3.63) is 54.1 Å². The summed E-state index contributed by atoms with van der Waals surface area (Å²) in [5.41, 5.74) is 2.42. The molecule has 1 N–H and O–H groups in total. The zero-order valence-electron chi connectivity index (χ0n) is 14.7. The number of carbonyl (C=O) groups is 1. The molecule has 0 spiro atoms. The second-order valence-electron chi connectivity index (χ2n) is 6.35. The Morgan fingerprint density at radius 1 is 1.19 bits per heavy atom. The van der Waals surface area contributed by atoms with Crippen LogP contribution in [-0.2, 0) is 6.54 Å². The fourth-order valence-corrected chi connectivity index (χ4v) is 3.22. The highest BCUT2D eigenvalue weighted by Gasteiger charge is 2.23. The maximum Gasteiger partial charge on any atom is 0.272 e. The summed E-state index contributed by atoms with van der Waals surface area (Å²) in [6, 6.07) is 11.2. The standard InChI is InChI=1S/C19H21N5O2/c1-26-14-5-6-15-17(12-14)22-18(21-15)13-23-8-10-24(11-9-23)19(25)16-4-2-3-7-20-16/h2-7,12H,8-11,13H2,1H3,(H,21,22). The number of hydrogen-bond acceptors (Lipinski definition) is 5. The number of amides is 1.